The quantitative estimate of drug-likeness (QED) is 0.682. The first-order valence-corrected chi connectivity index (χ1v) is 5.61. The van der Waals surface area contributed by atoms with E-state index in [1.54, 1.807) is 6.08 Å². The average molecular weight is 210 g/mol. The van der Waals surface area contributed by atoms with Crippen molar-refractivity contribution in [3.05, 3.63) is 12.2 Å². The number of nitrogens with zero attached hydrogens (tertiary/aromatic N) is 2. The van der Waals surface area contributed by atoms with E-state index in [2.05, 4.69) is 9.80 Å². The highest BCUT2D eigenvalue weighted by Gasteiger charge is 2.30. The number of hydrogen-bond donors (Lipinski definition) is 1. The Hall–Kier alpha value is -0.870. The third kappa shape index (κ3) is 3.32. The van der Waals surface area contributed by atoms with Gasteiger partial charge in [-0.25, -0.2) is 4.79 Å². The Morgan fingerprint density at radius 1 is 1.27 bits per heavy atom. The summed E-state index contributed by atoms with van der Waals surface area (Å²) >= 11 is 0. The first-order valence-electron chi connectivity index (χ1n) is 5.61. The molecule has 1 N–H and O–H groups in total. The molecular formula is C11H18N2O2. The third-order valence-corrected chi connectivity index (χ3v) is 3.09. The molecule has 0 bridgehead atoms. The fourth-order valence-corrected chi connectivity index (χ4v) is 2.05. The van der Waals surface area contributed by atoms with Gasteiger partial charge >= 0.3 is 5.97 Å². The van der Waals surface area contributed by atoms with Gasteiger partial charge in [0.05, 0.1) is 0 Å². The molecule has 0 aromatic heterocycles. The fourth-order valence-electron chi connectivity index (χ4n) is 2.05. The molecule has 1 aliphatic carbocycles. The van der Waals surface area contributed by atoms with Crippen LogP contribution in [-0.4, -0.2) is 59.6 Å². The van der Waals surface area contributed by atoms with Gasteiger partial charge in [-0.15, -0.1) is 0 Å². The molecule has 0 spiro atoms. The minimum absolute atomic E-state index is 0.769. The number of rotatable bonds is 4. The first-order chi connectivity index (χ1) is 7.25. The molecule has 4 nitrogen and oxygen atoms in total. The molecule has 1 aliphatic heterocycles. The smallest absolute Gasteiger partial charge is 0.328 e. The van der Waals surface area contributed by atoms with Crippen LogP contribution >= 0.6 is 0 Å². The summed E-state index contributed by atoms with van der Waals surface area (Å²) in [5.41, 5.74) is 0. The van der Waals surface area contributed by atoms with Crippen LogP contribution in [0.1, 0.15) is 12.8 Å². The Kier molecular flexibility index (Phi) is 3.38. The van der Waals surface area contributed by atoms with Crippen LogP contribution in [0.15, 0.2) is 12.2 Å². The summed E-state index contributed by atoms with van der Waals surface area (Å²) in [5.74, 6) is -0.855. The van der Waals surface area contributed by atoms with E-state index in [9.17, 15) is 4.79 Å². The lowest BCUT2D eigenvalue weighted by atomic mass is 10.3. The van der Waals surface area contributed by atoms with Crippen molar-refractivity contribution in [1.82, 2.24) is 9.80 Å². The van der Waals surface area contributed by atoms with Crippen LogP contribution in [0.2, 0.25) is 0 Å². The third-order valence-electron chi connectivity index (χ3n) is 3.09. The number of aliphatic carboxylic acids is 1. The van der Waals surface area contributed by atoms with Crippen molar-refractivity contribution in [2.45, 2.75) is 18.9 Å². The van der Waals surface area contributed by atoms with Crippen LogP contribution in [0.3, 0.4) is 0 Å². The molecule has 0 amide bonds. The molecule has 84 valence electrons. The Bertz CT molecular complexity index is 253. The van der Waals surface area contributed by atoms with E-state index in [-0.39, 0.29) is 0 Å². The lowest BCUT2D eigenvalue weighted by Gasteiger charge is -2.34. The van der Waals surface area contributed by atoms with Gasteiger partial charge in [-0.1, -0.05) is 6.08 Å². The molecule has 2 rings (SSSR count). The van der Waals surface area contributed by atoms with Gasteiger partial charge < -0.3 is 5.11 Å². The zero-order chi connectivity index (χ0) is 10.7. The molecule has 0 aromatic rings. The lowest BCUT2D eigenvalue weighted by Crippen LogP contribution is -2.47. The molecule has 1 saturated heterocycles. The van der Waals surface area contributed by atoms with Crippen molar-refractivity contribution in [3.63, 3.8) is 0 Å². The second kappa shape index (κ2) is 4.77. The molecule has 2 fully saturated rings. The largest absolute Gasteiger partial charge is 0.478 e. The van der Waals surface area contributed by atoms with E-state index in [0.717, 1.165) is 38.8 Å². The van der Waals surface area contributed by atoms with Gasteiger partial charge in [-0.05, 0) is 12.8 Å². The van der Waals surface area contributed by atoms with Gasteiger partial charge in [0, 0.05) is 44.8 Å². The number of piperazine rings is 1. The highest BCUT2D eigenvalue weighted by Crippen LogP contribution is 2.27. The van der Waals surface area contributed by atoms with Crippen molar-refractivity contribution in [2.75, 3.05) is 32.7 Å². The minimum atomic E-state index is -0.855. The minimum Gasteiger partial charge on any atom is -0.478 e. The normalized spacial score (nSPS) is 24.8. The maximum Gasteiger partial charge on any atom is 0.328 e. The molecular weight excluding hydrogens is 192 g/mol. The molecule has 0 radical (unpaired) electrons. The summed E-state index contributed by atoms with van der Waals surface area (Å²) in [4.78, 5) is 15.1. The van der Waals surface area contributed by atoms with E-state index in [0.29, 0.717) is 0 Å². The maximum absolute atomic E-state index is 10.3. The van der Waals surface area contributed by atoms with E-state index in [1.165, 1.54) is 18.9 Å². The van der Waals surface area contributed by atoms with E-state index >= 15 is 0 Å². The van der Waals surface area contributed by atoms with Crippen molar-refractivity contribution >= 4 is 5.97 Å². The van der Waals surface area contributed by atoms with Crippen molar-refractivity contribution < 1.29 is 9.90 Å². The predicted octanol–water partition coefficient (Wildman–Crippen LogP) is 0.407. The molecule has 0 aromatic carbocycles. The summed E-state index contributed by atoms with van der Waals surface area (Å²) in [7, 11) is 0. The van der Waals surface area contributed by atoms with Crippen LogP contribution in [0.5, 0.6) is 0 Å². The molecule has 0 unspecified atom stereocenters. The van der Waals surface area contributed by atoms with Gasteiger partial charge in [-0.2, -0.15) is 0 Å². The highest BCUT2D eigenvalue weighted by atomic mass is 16.4. The van der Waals surface area contributed by atoms with Crippen molar-refractivity contribution in [2.24, 2.45) is 0 Å². The Labute approximate surface area is 90.2 Å². The summed E-state index contributed by atoms with van der Waals surface area (Å²) in [6.45, 7) is 5.20. The zero-order valence-electron chi connectivity index (χ0n) is 8.93. The highest BCUT2D eigenvalue weighted by molar-refractivity contribution is 5.79. The lowest BCUT2D eigenvalue weighted by molar-refractivity contribution is -0.131. The van der Waals surface area contributed by atoms with Crippen LogP contribution < -0.4 is 0 Å². The van der Waals surface area contributed by atoms with Crippen LogP contribution in [-0.2, 0) is 4.79 Å². The SMILES string of the molecule is O=C(O)/C=C/CN1CCN(C2CC2)CC1. The molecule has 15 heavy (non-hydrogen) atoms. The summed E-state index contributed by atoms with van der Waals surface area (Å²) in [6.07, 6.45) is 5.71. The van der Waals surface area contributed by atoms with E-state index in [1.807, 2.05) is 0 Å². The van der Waals surface area contributed by atoms with Crippen LogP contribution in [0.25, 0.3) is 0 Å². The zero-order valence-corrected chi connectivity index (χ0v) is 8.93. The predicted molar refractivity (Wildman–Crippen MR) is 57.8 cm³/mol. The van der Waals surface area contributed by atoms with Gasteiger partial charge in [0.2, 0.25) is 0 Å². The van der Waals surface area contributed by atoms with Crippen molar-refractivity contribution in [1.29, 1.82) is 0 Å². The Balaban J connectivity index is 1.66. The number of carboxylic acids is 1. The van der Waals surface area contributed by atoms with E-state index < -0.39 is 5.97 Å². The molecule has 2 aliphatic rings. The summed E-state index contributed by atoms with van der Waals surface area (Å²) < 4.78 is 0. The molecule has 1 heterocycles. The second-order valence-corrected chi connectivity index (χ2v) is 4.31. The van der Waals surface area contributed by atoms with Gasteiger partial charge in [0.1, 0.15) is 0 Å². The van der Waals surface area contributed by atoms with Crippen LogP contribution in [0, 0.1) is 0 Å². The summed E-state index contributed by atoms with van der Waals surface area (Å²) in [6, 6.07) is 0.863. The van der Waals surface area contributed by atoms with E-state index in [4.69, 9.17) is 5.11 Å². The van der Waals surface area contributed by atoms with Gasteiger partial charge in [-0.3, -0.25) is 9.80 Å². The van der Waals surface area contributed by atoms with Gasteiger partial charge in [0.25, 0.3) is 0 Å². The second-order valence-electron chi connectivity index (χ2n) is 4.31. The standard InChI is InChI=1S/C11H18N2O2/c14-11(15)2-1-5-12-6-8-13(9-7-12)10-3-4-10/h1-2,10H,3-9H2,(H,14,15)/b2-1+. The average Bonchev–Trinajstić information content (AvgIpc) is 3.02. The monoisotopic (exact) mass is 210 g/mol. The van der Waals surface area contributed by atoms with Crippen molar-refractivity contribution in [3.8, 4) is 0 Å². The Morgan fingerprint density at radius 2 is 1.93 bits per heavy atom. The number of carbonyl (C=O) groups is 1. The first kappa shape index (κ1) is 10.6. The van der Waals surface area contributed by atoms with Gasteiger partial charge in [0.15, 0.2) is 0 Å². The topological polar surface area (TPSA) is 43.8 Å². The maximum atomic E-state index is 10.3. The molecule has 1 saturated carbocycles. The Morgan fingerprint density at radius 3 is 2.47 bits per heavy atom. The number of hydrogen-bond acceptors (Lipinski definition) is 3. The number of carboxylic acid groups (broad SMARTS) is 1. The summed E-state index contributed by atoms with van der Waals surface area (Å²) in [5, 5.41) is 8.45. The molecule has 0 atom stereocenters. The fraction of sp³-hybridized carbons (Fsp3) is 0.727. The molecule has 4 heteroatoms. The van der Waals surface area contributed by atoms with Crippen LogP contribution in [0.4, 0.5) is 0 Å².